The molecule has 0 aromatic heterocycles. The minimum Gasteiger partial charge on any atom is -0.489 e. The van der Waals surface area contributed by atoms with Gasteiger partial charge in [0.25, 0.3) is 0 Å². The number of nitrogens with zero attached hydrogens (tertiary/aromatic N) is 3. The Kier molecular flexibility index (Phi) is 11.5. The number of piperazine rings is 1. The average Bonchev–Trinajstić information content (AvgIpc) is 3.06. The van der Waals surface area contributed by atoms with Gasteiger partial charge in [-0.3, -0.25) is 14.5 Å². The van der Waals surface area contributed by atoms with E-state index in [2.05, 4.69) is 16.3 Å². The number of hydrogen-bond acceptors (Lipinski definition) is 7. The minimum atomic E-state index is -0.384. The Hall–Kier alpha value is -3.90. The zero-order valence-corrected chi connectivity index (χ0v) is 26.5. The molecule has 2 unspecified atom stereocenters. The summed E-state index contributed by atoms with van der Waals surface area (Å²) in [6.07, 6.45) is 10.8. The van der Waals surface area contributed by atoms with Crippen LogP contribution in [-0.4, -0.2) is 67.4 Å². The van der Waals surface area contributed by atoms with E-state index in [0.29, 0.717) is 62.6 Å². The Labute approximate surface area is 266 Å². The van der Waals surface area contributed by atoms with Crippen molar-refractivity contribution in [3.63, 3.8) is 0 Å². The van der Waals surface area contributed by atoms with Crippen LogP contribution in [-0.2, 0) is 27.5 Å². The zero-order chi connectivity index (χ0) is 31.6. The fourth-order valence-corrected chi connectivity index (χ4v) is 7.36. The van der Waals surface area contributed by atoms with Crippen LogP contribution >= 0.6 is 0 Å². The number of rotatable bonds is 12. The van der Waals surface area contributed by atoms with Crippen LogP contribution in [0.25, 0.3) is 0 Å². The number of benzene rings is 2. The van der Waals surface area contributed by atoms with Gasteiger partial charge in [-0.15, -0.1) is 0 Å². The summed E-state index contributed by atoms with van der Waals surface area (Å²) in [7, 11) is 1.35. The van der Waals surface area contributed by atoms with Crippen LogP contribution in [0, 0.1) is 29.1 Å². The Balaban J connectivity index is 1.03. The molecule has 2 aromatic carbocycles. The molecule has 2 bridgehead atoms. The molecule has 1 N–H and O–H groups in total. The Morgan fingerprint density at radius 3 is 2.40 bits per heavy atom. The quantitative estimate of drug-likeness (QED) is 0.332. The highest BCUT2D eigenvalue weighted by Gasteiger charge is 2.31. The first-order valence-electron chi connectivity index (χ1n) is 16.5. The maximum atomic E-state index is 12.8. The number of amides is 2. The second kappa shape index (κ2) is 15.9. The van der Waals surface area contributed by atoms with Crippen molar-refractivity contribution in [2.45, 2.75) is 70.9 Å². The summed E-state index contributed by atoms with van der Waals surface area (Å²) in [5, 5.41) is 12.3. The molecule has 2 atom stereocenters. The van der Waals surface area contributed by atoms with E-state index in [1.807, 2.05) is 29.2 Å². The molecule has 2 saturated carbocycles. The Morgan fingerprint density at radius 2 is 1.71 bits per heavy atom. The number of ether oxygens (including phenoxy) is 2. The molecule has 9 nitrogen and oxygen atoms in total. The number of carbonyl (C=O) groups is 3. The number of methoxy groups -OCH3 is 1. The first-order valence-corrected chi connectivity index (χ1v) is 16.5. The van der Waals surface area contributed by atoms with Crippen LogP contribution < -0.4 is 10.1 Å². The highest BCUT2D eigenvalue weighted by molar-refractivity contribution is 5.89. The van der Waals surface area contributed by atoms with Crippen LogP contribution in [0.15, 0.2) is 42.5 Å². The van der Waals surface area contributed by atoms with E-state index >= 15 is 0 Å². The summed E-state index contributed by atoms with van der Waals surface area (Å²) < 4.78 is 10.9. The second-order valence-corrected chi connectivity index (χ2v) is 13.0. The lowest BCUT2D eigenvalue weighted by atomic mass is 9.67. The summed E-state index contributed by atoms with van der Waals surface area (Å²) in [5.74, 6) is 2.84. The van der Waals surface area contributed by atoms with E-state index < -0.39 is 0 Å². The lowest BCUT2D eigenvalue weighted by molar-refractivity contribution is -0.134. The molecule has 2 aliphatic carbocycles. The molecule has 9 heteroatoms. The van der Waals surface area contributed by atoms with Gasteiger partial charge in [-0.05, 0) is 85.8 Å². The summed E-state index contributed by atoms with van der Waals surface area (Å²) in [4.78, 5) is 41.1. The van der Waals surface area contributed by atoms with Crippen molar-refractivity contribution in [1.82, 2.24) is 15.1 Å². The summed E-state index contributed by atoms with van der Waals surface area (Å²) in [6, 6.07) is 14.7. The van der Waals surface area contributed by atoms with Gasteiger partial charge in [0.15, 0.2) is 0 Å². The number of hydrogen-bond donors (Lipinski definition) is 1. The van der Waals surface area contributed by atoms with Gasteiger partial charge in [0, 0.05) is 44.7 Å². The van der Waals surface area contributed by atoms with E-state index in [1.54, 1.807) is 18.2 Å². The van der Waals surface area contributed by atoms with Crippen LogP contribution in [0.4, 0.5) is 0 Å². The van der Waals surface area contributed by atoms with Crippen molar-refractivity contribution in [3.8, 4) is 11.8 Å². The van der Waals surface area contributed by atoms with Crippen molar-refractivity contribution in [2.24, 2.45) is 17.8 Å². The predicted molar refractivity (Wildman–Crippen MR) is 170 cm³/mol. The molecule has 0 spiro atoms. The van der Waals surface area contributed by atoms with Crippen molar-refractivity contribution in [3.05, 3.63) is 64.7 Å². The maximum Gasteiger partial charge on any atom is 0.337 e. The molecular weight excluding hydrogens is 568 g/mol. The van der Waals surface area contributed by atoms with Gasteiger partial charge in [0.1, 0.15) is 12.4 Å². The fourth-order valence-electron chi connectivity index (χ4n) is 7.36. The zero-order valence-electron chi connectivity index (χ0n) is 26.5. The molecule has 2 aromatic rings. The number of carbonyl (C=O) groups excluding carboxylic acids is 3. The monoisotopic (exact) mass is 614 g/mol. The lowest BCUT2D eigenvalue weighted by Crippen LogP contribution is -2.50. The van der Waals surface area contributed by atoms with E-state index in [0.717, 1.165) is 41.7 Å². The maximum absolute atomic E-state index is 12.8. The predicted octanol–water partition coefficient (Wildman–Crippen LogP) is 5.07. The van der Waals surface area contributed by atoms with Crippen molar-refractivity contribution in [1.29, 1.82) is 5.26 Å². The molecule has 3 fully saturated rings. The van der Waals surface area contributed by atoms with Gasteiger partial charge in [-0.25, -0.2) is 4.79 Å². The van der Waals surface area contributed by atoms with Gasteiger partial charge in [0.05, 0.1) is 30.9 Å². The van der Waals surface area contributed by atoms with Crippen LogP contribution in [0.2, 0.25) is 0 Å². The summed E-state index contributed by atoms with van der Waals surface area (Å²) in [5.41, 5.74) is 2.85. The number of nitrogens with one attached hydrogen (secondary N) is 1. The molecule has 1 saturated heterocycles. The molecule has 1 heterocycles. The number of fused-ring (bicyclic) bond motifs is 2. The average molecular weight is 615 g/mol. The molecule has 0 radical (unpaired) electrons. The Bertz CT molecular complexity index is 1350. The van der Waals surface area contributed by atoms with Gasteiger partial charge < -0.3 is 19.7 Å². The summed E-state index contributed by atoms with van der Waals surface area (Å²) in [6.45, 7) is 3.50. The first kappa shape index (κ1) is 32.5. The largest absolute Gasteiger partial charge is 0.489 e. The van der Waals surface area contributed by atoms with E-state index in [-0.39, 0.29) is 24.3 Å². The van der Waals surface area contributed by atoms with Crippen molar-refractivity contribution >= 4 is 17.8 Å². The van der Waals surface area contributed by atoms with Crippen LogP contribution in [0.3, 0.4) is 0 Å². The van der Waals surface area contributed by atoms with Gasteiger partial charge >= 0.3 is 5.97 Å². The molecular formula is C36H46N4O5. The van der Waals surface area contributed by atoms with Crippen molar-refractivity contribution in [2.75, 3.05) is 39.8 Å². The normalized spacial score (nSPS) is 21.4. The van der Waals surface area contributed by atoms with E-state index in [1.165, 1.54) is 45.6 Å². The van der Waals surface area contributed by atoms with Gasteiger partial charge in [0.2, 0.25) is 11.8 Å². The SMILES string of the molecule is COC(=O)c1ccc(COc2ccc(C#N)cc2CN2CCN(C(=O)CNC(=O)CCCC3CC4CCCC(C3)C4)CC2)cc1. The lowest BCUT2D eigenvalue weighted by Gasteiger charge is -2.39. The van der Waals surface area contributed by atoms with Crippen LogP contribution in [0.1, 0.15) is 84.8 Å². The second-order valence-electron chi connectivity index (χ2n) is 13.0. The third kappa shape index (κ3) is 9.30. The molecule has 240 valence electrons. The highest BCUT2D eigenvalue weighted by Crippen LogP contribution is 2.43. The fraction of sp³-hybridized carbons (Fsp3) is 0.556. The number of esters is 1. The molecule has 3 aliphatic rings. The highest BCUT2D eigenvalue weighted by atomic mass is 16.5. The standard InChI is InChI=1S/C36H46N4O5/c1-44-36(43)31-11-8-26(9-12-31)25-45-33-13-10-30(22-37)21-32(33)24-39-14-16-40(17-15-39)35(42)23-38-34(41)7-3-6-29-19-27-4-2-5-28(18-27)20-29/h8-13,21,27-29H,2-7,14-20,23-25H2,1H3,(H,38,41). The topological polar surface area (TPSA) is 112 Å². The summed E-state index contributed by atoms with van der Waals surface area (Å²) >= 11 is 0. The van der Waals surface area contributed by atoms with Gasteiger partial charge in [-0.2, -0.15) is 5.26 Å². The third-order valence-electron chi connectivity index (χ3n) is 9.76. The van der Waals surface area contributed by atoms with E-state index in [9.17, 15) is 19.6 Å². The molecule has 2 amide bonds. The molecule has 1 aliphatic heterocycles. The molecule has 45 heavy (non-hydrogen) atoms. The molecule has 5 rings (SSSR count). The first-order chi connectivity index (χ1) is 21.9. The number of nitriles is 1. The van der Waals surface area contributed by atoms with Crippen molar-refractivity contribution < 1.29 is 23.9 Å². The van der Waals surface area contributed by atoms with Crippen LogP contribution in [0.5, 0.6) is 5.75 Å². The smallest absolute Gasteiger partial charge is 0.337 e. The van der Waals surface area contributed by atoms with Gasteiger partial charge in [-0.1, -0.05) is 31.4 Å². The third-order valence-corrected chi connectivity index (χ3v) is 9.76. The minimum absolute atomic E-state index is 0.0256. The Morgan fingerprint density at radius 1 is 0.978 bits per heavy atom. The van der Waals surface area contributed by atoms with E-state index in [4.69, 9.17) is 9.47 Å².